The summed E-state index contributed by atoms with van der Waals surface area (Å²) < 4.78 is 5.19. The summed E-state index contributed by atoms with van der Waals surface area (Å²) in [4.78, 5) is 27.6. The molecule has 33 heavy (non-hydrogen) atoms. The maximum Gasteiger partial charge on any atom is 0.227 e. The zero-order valence-corrected chi connectivity index (χ0v) is 19.2. The maximum absolute atomic E-state index is 13.0. The Labute approximate surface area is 195 Å². The number of amides is 2. The Balaban J connectivity index is 1.47. The van der Waals surface area contributed by atoms with Crippen molar-refractivity contribution in [3.63, 3.8) is 0 Å². The van der Waals surface area contributed by atoms with Gasteiger partial charge in [-0.3, -0.25) is 9.59 Å². The standard InChI is InChI=1S/C28H30N2O3/c1-20-6-3-4-9-26(20)23-8-5-7-22(16-23)17-24-19-30(15-14-29-28(24)32)27(31)18-21-10-12-25(33-2)13-11-21/h3-13,16,24H,14-15,17-19H2,1-2H3,(H,29,32)/t24-/m1/s1. The molecule has 0 aromatic heterocycles. The lowest BCUT2D eigenvalue weighted by Crippen LogP contribution is -2.38. The van der Waals surface area contributed by atoms with Crippen molar-refractivity contribution in [1.82, 2.24) is 10.2 Å². The smallest absolute Gasteiger partial charge is 0.227 e. The molecule has 0 aliphatic carbocycles. The Bertz CT molecular complexity index is 1120. The van der Waals surface area contributed by atoms with Gasteiger partial charge in [0.25, 0.3) is 0 Å². The van der Waals surface area contributed by atoms with E-state index in [1.54, 1.807) is 7.11 Å². The molecule has 1 saturated heterocycles. The van der Waals surface area contributed by atoms with Gasteiger partial charge in [-0.2, -0.15) is 0 Å². The average molecular weight is 443 g/mol. The lowest BCUT2D eigenvalue weighted by atomic mass is 9.94. The van der Waals surface area contributed by atoms with Crippen LogP contribution < -0.4 is 10.1 Å². The number of nitrogens with one attached hydrogen (secondary N) is 1. The molecule has 0 bridgehead atoms. The van der Waals surface area contributed by atoms with E-state index >= 15 is 0 Å². The predicted octanol–water partition coefficient (Wildman–Crippen LogP) is 4.03. The Morgan fingerprint density at radius 2 is 1.82 bits per heavy atom. The summed E-state index contributed by atoms with van der Waals surface area (Å²) in [6.45, 7) is 3.54. The molecule has 1 aliphatic heterocycles. The number of nitrogens with zero attached hydrogens (tertiary/aromatic N) is 1. The first-order chi connectivity index (χ1) is 16.0. The van der Waals surface area contributed by atoms with Gasteiger partial charge < -0.3 is 15.0 Å². The van der Waals surface area contributed by atoms with Gasteiger partial charge in [0, 0.05) is 19.6 Å². The number of hydrogen-bond donors (Lipinski definition) is 1. The number of aryl methyl sites for hydroxylation is 1. The van der Waals surface area contributed by atoms with Crippen LogP contribution in [0.1, 0.15) is 16.7 Å². The molecular weight excluding hydrogens is 412 g/mol. The van der Waals surface area contributed by atoms with Crippen LogP contribution >= 0.6 is 0 Å². The molecule has 0 unspecified atom stereocenters. The predicted molar refractivity (Wildman–Crippen MR) is 130 cm³/mol. The fraction of sp³-hybridized carbons (Fsp3) is 0.286. The third-order valence-electron chi connectivity index (χ3n) is 6.22. The molecule has 1 atom stereocenters. The maximum atomic E-state index is 13.0. The first-order valence-corrected chi connectivity index (χ1v) is 11.4. The Morgan fingerprint density at radius 1 is 1.03 bits per heavy atom. The number of ether oxygens (including phenoxy) is 1. The van der Waals surface area contributed by atoms with Gasteiger partial charge in [0.15, 0.2) is 0 Å². The third-order valence-corrected chi connectivity index (χ3v) is 6.22. The average Bonchev–Trinajstić information content (AvgIpc) is 3.01. The van der Waals surface area contributed by atoms with E-state index in [4.69, 9.17) is 4.74 Å². The van der Waals surface area contributed by atoms with Crippen molar-refractivity contribution in [2.24, 2.45) is 5.92 Å². The van der Waals surface area contributed by atoms with Gasteiger partial charge in [-0.25, -0.2) is 0 Å². The molecule has 1 fully saturated rings. The van der Waals surface area contributed by atoms with Crippen molar-refractivity contribution in [2.75, 3.05) is 26.7 Å². The fourth-order valence-electron chi connectivity index (χ4n) is 4.36. The quantitative estimate of drug-likeness (QED) is 0.627. The number of rotatable bonds is 6. The van der Waals surface area contributed by atoms with E-state index in [0.29, 0.717) is 32.5 Å². The van der Waals surface area contributed by atoms with Crippen LogP contribution in [0.3, 0.4) is 0 Å². The second-order valence-corrected chi connectivity index (χ2v) is 8.57. The second-order valence-electron chi connectivity index (χ2n) is 8.57. The largest absolute Gasteiger partial charge is 0.497 e. The summed E-state index contributed by atoms with van der Waals surface area (Å²) in [5.41, 5.74) is 5.59. The molecule has 0 saturated carbocycles. The van der Waals surface area contributed by atoms with E-state index in [0.717, 1.165) is 22.4 Å². The van der Waals surface area contributed by atoms with Gasteiger partial charge in [-0.15, -0.1) is 0 Å². The van der Waals surface area contributed by atoms with Crippen LogP contribution in [0.15, 0.2) is 72.8 Å². The minimum absolute atomic E-state index is 0.0102. The van der Waals surface area contributed by atoms with Crippen LogP contribution in [0.5, 0.6) is 5.75 Å². The summed E-state index contributed by atoms with van der Waals surface area (Å²) in [6.07, 6.45) is 0.908. The van der Waals surface area contributed by atoms with E-state index in [1.165, 1.54) is 11.1 Å². The molecule has 1 N–H and O–H groups in total. The van der Waals surface area contributed by atoms with Crippen molar-refractivity contribution in [3.05, 3.63) is 89.5 Å². The van der Waals surface area contributed by atoms with Crippen LogP contribution in [0.4, 0.5) is 0 Å². The number of hydrogen-bond acceptors (Lipinski definition) is 3. The Morgan fingerprint density at radius 3 is 2.58 bits per heavy atom. The fourth-order valence-corrected chi connectivity index (χ4v) is 4.36. The number of carbonyl (C=O) groups excluding carboxylic acids is 2. The summed E-state index contributed by atoms with van der Waals surface area (Å²) in [5, 5.41) is 2.98. The molecule has 170 valence electrons. The molecule has 1 heterocycles. The third kappa shape index (κ3) is 5.61. The molecule has 1 aliphatic rings. The Kier molecular flexibility index (Phi) is 7.08. The summed E-state index contributed by atoms with van der Waals surface area (Å²) in [6, 6.07) is 24.2. The molecule has 5 nitrogen and oxygen atoms in total. The van der Waals surface area contributed by atoms with Gasteiger partial charge in [0.1, 0.15) is 5.75 Å². The van der Waals surface area contributed by atoms with Crippen molar-refractivity contribution < 1.29 is 14.3 Å². The highest BCUT2D eigenvalue weighted by molar-refractivity contribution is 5.83. The minimum atomic E-state index is -0.278. The van der Waals surface area contributed by atoms with E-state index in [1.807, 2.05) is 47.4 Å². The summed E-state index contributed by atoms with van der Waals surface area (Å²) >= 11 is 0. The molecule has 4 rings (SSSR count). The van der Waals surface area contributed by atoms with Crippen LogP contribution in [-0.2, 0) is 22.4 Å². The first kappa shape index (κ1) is 22.6. The summed E-state index contributed by atoms with van der Waals surface area (Å²) in [7, 11) is 1.62. The van der Waals surface area contributed by atoms with Gasteiger partial charge >= 0.3 is 0 Å². The SMILES string of the molecule is COc1ccc(CC(=O)N2CCNC(=O)[C@H](Cc3cccc(-c4ccccc4C)c3)C2)cc1. The monoisotopic (exact) mass is 442 g/mol. The van der Waals surface area contributed by atoms with Crippen molar-refractivity contribution in [3.8, 4) is 16.9 Å². The van der Waals surface area contributed by atoms with Gasteiger partial charge in [0.05, 0.1) is 19.4 Å². The normalized spacial score (nSPS) is 16.1. The Hall–Kier alpha value is -3.60. The van der Waals surface area contributed by atoms with Crippen LogP contribution in [0, 0.1) is 12.8 Å². The molecular formula is C28H30N2O3. The van der Waals surface area contributed by atoms with Crippen LogP contribution in [0.2, 0.25) is 0 Å². The highest BCUT2D eigenvalue weighted by atomic mass is 16.5. The van der Waals surface area contributed by atoms with Gasteiger partial charge in [-0.1, -0.05) is 60.7 Å². The zero-order valence-electron chi connectivity index (χ0n) is 19.2. The van der Waals surface area contributed by atoms with Crippen molar-refractivity contribution >= 4 is 11.8 Å². The van der Waals surface area contributed by atoms with Crippen molar-refractivity contribution in [2.45, 2.75) is 19.8 Å². The number of benzene rings is 3. The molecule has 0 radical (unpaired) electrons. The highest BCUT2D eigenvalue weighted by Gasteiger charge is 2.28. The lowest BCUT2D eigenvalue weighted by Gasteiger charge is -2.23. The van der Waals surface area contributed by atoms with E-state index in [9.17, 15) is 9.59 Å². The zero-order chi connectivity index (χ0) is 23.2. The van der Waals surface area contributed by atoms with E-state index in [2.05, 4.69) is 42.6 Å². The number of carbonyl (C=O) groups is 2. The first-order valence-electron chi connectivity index (χ1n) is 11.4. The molecule has 0 spiro atoms. The molecule has 5 heteroatoms. The number of methoxy groups -OCH3 is 1. The summed E-state index contributed by atoms with van der Waals surface area (Å²) in [5.74, 6) is 0.537. The molecule has 3 aromatic rings. The van der Waals surface area contributed by atoms with E-state index in [-0.39, 0.29) is 17.7 Å². The van der Waals surface area contributed by atoms with Crippen LogP contribution in [-0.4, -0.2) is 43.5 Å². The van der Waals surface area contributed by atoms with Gasteiger partial charge in [-0.05, 0) is 53.3 Å². The van der Waals surface area contributed by atoms with E-state index < -0.39 is 0 Å². The van der Waals surface area contributed by atoms with Crippen molar-refractivity contribution in [1.29, 1.82) is 0 Å². The highest BCUT2D eigenvalue weighted by Crippen LogP contribution is 2.25. The minimum Gasteiger partial charge on any atom is -0.497 e. The topological polar surface area (TPSA) is 58.6 Å². The van der Waals surface area contributed by atoms with Gasteiger partial charge in [0.2, 0.25) is 11.8 Å². The van der Waals surface area contributed by atoms with Crippen LogP contribution in [0.25, 0.3) is 11.1 Å². The second kappa shape index (κ2) is 10.3. The molecule has 3 aromatic carbocycles. The lowest BCUT2D eigenvalue weighted by molar-refractivity contribution is -0.131. The molecule has 2 amide bonds.